The first-order valence-corrected chi connectivity index (χ1v) is 7.86. The first-order valence-electron chi connectivity index (χ1n) is 7.86. The predicted molar refractivity (Wildman–Crippen MR) is 76.5 cm³/mol. The molecule has 5 nitrogen and oxygen atoms in total. The number of fused-ring (bicyclic) bond motifs is 1. The Hall–Kier alpha value is -1.33. The van der Waals surface area contributed by atoms with Gasteiger partial charge in [0.1, 0.15) is 0 Å². The van der Waals surface area contributed by atoms with Crippen LogP contribution in [0.2, 0.25) is 0 Å². The number of furan rings is 1. The van der Waals surface area contributed by atoms with Crippen molar-refractivity contribution >= 4 is 5.91 Å². The molecule has 1 aromatic rings. The van der Waals surface area contributed by atoms with Crippen molar-refractivity contribution in [3.8, 4) is 0 Å². The number of ether oxygens (including phenoxy) is 1. The van der Waals surface area contributed by atoms with E-state index in [4.69, 9.17) is 9.15 Å². The standard InChI is InChI=1S/C16H22N2O3/c19-15(17-5-12-1-2-12)16-10-18(6-13-3-4-20-8-13)7-14(16)9-21-11-16/h3-4,8,12,14H,1-2,5-7,9-11H2,(H,17,19)/t14-,16-/m0/s1. The summed E-state index contributed by atoms with van der Waals surface area (Å²) in [5.74, 6) is 1.24. The molecule has 0 bridgehead atoms. The van der Waals surface area contributed by atoms with Crippen LogP contribution < -0.4 is 5.32 Å². The van der Waals surface area contributed by atoms with Gasteiger partial charge in [-0.1, -0.05) is 0 Å². The van der Waals surface area contributed by atoms with Crippen molar-refractivity contribution in [1.29, 1.82) is 0 Å². The zero-order valence-electron chi connectivity index (χ0n) is 12.2. The second kappa shape index (κ2) is 5.14. The molecule has 1 aromatic heterocycles. The quantitative estimate of drug-likeness (QED) is 0.887. The number of nitrogens with zero attached hydrogens (tertiary/aromatic N) is 1. The monoisotopic (exact) mass is 290 g/mol. The Morgan fingerprint density at radius 2 is 2.38 bits per heavy atom. The number of nitrogens with one attached hydrogen (secondary N) is 1. The van der Waals surface area contributed by atoms with E-state index >= 15 is 0 Å². The third-order valence-corrected chi connectivity index (χ3v) is 5.13. The van der Waals surface area contributed by atoms with Crippen LogP contribution in [0.25, 0.3) is 0 Å². The zero-order valence-corrected chi connectivity index (χ0v) is 12.2. The van der Waals surface area contributed by atoms with E-state index < -0.39 is 0 Å². The molecule has 1 N–H and O–H groups in total. The largest absolute Gasteiger partial charge is 0.472 e. The minimum atomic E-state index is -0.335. The van der Waals surface area contributed by atoms with E-state index in [0.29, 0.717) is 19.1 Å². The topological polar surface area (TPSA) is 54.7 Å². The molecule has 1 amide bonds. The Kier molecular flexibility index (Phi) is 3.27. The van der Waals surface area contributed by atoms with Crippen LogP contribution in [0.15, 0.2) is 23.0 Å². The summed E-state index contributed by atoms with van der Waals surface area (Å²) in [7, 11) is 0. The maximum Gasteiger partial charge on any atom is 0.230 e. The van der Waals surface area contributed by atoms with E-state index in [0.717, 1.165) is 32.1 Å². The molecule has 1 saturated carbocycles. The highest BCUT2D eigenvalue weighted by Gasteiger charge is 2.55. The van der Waals surface area contributed by atoms with E-state index in [9.17, 15) is 4.79 Å². The van der Waals surface area contributed by atoms with E-state index in [-0.39, 0.29) is 11.3 Å². The van der Waals surface area contributed by atoms with E-state index in [1.165, 1.54) is 18.4 Å². The average molecular weight is 290 g/mol. The summed E-state index contributed by atoms with van der Waals surface area (Å²) in [5.41, 5.74) is 0.836. The second-order valence-electron chi connectivity index (χ2n) is 6.82. The van der Waals surface area contributed by atoms with E-state index in [1.807, 2.05) is 6.07 Å². The lowest BCUT2D eigenvalue weighted by atomic mass is 9.80. The summed E-state index contributed by atoms with van der Waals surface area (Å²) in [4.78, 5) is 15.0. The smallest absolute Gasteiger partial charge is 0.230 e. The normalized spacial score (nSPS) is 32.3. The lowest BCUT2D eigenvalue weighted by Crippen LogP contribution is -2.47. The van der Waals surface area contributed by atoms with E-state index in [1.54, 1.807) is 12.5 Å². The van der Waals surface area contributed by atoms with Crippen LogP contribution in [0.5, 0.6) is 0 Å². The summed E-state index contributed by atoms with van der Waals surface area (Å²) in [6.07, 6.45) is 6.01. The molecule has 0 unspecified atom stereocenters. The van der Waals surface area contributed by atoms with Gasteiger partial charge in [-0.25, -0.2) is 0 Å². The van der Waals surface area contributed by atoms with Gasteiger partial charge in [0.15, 0.2) is 0 Å². The third kappa shape index (κ3) is 2.49. The third-order valence-electron chi connectivity index (χ3n) is 5.13. The van der Waals surface area contributed by atoms with Crippen LogP contribution in [-0.4, -0.2) is 43.7 Å². The Labute approximate surface area is 124 Å². The number of amides is 1. The Morgan fingerprint density at radius 3 is 3.14 bits per heavy atom. The van der Waals surface area contributed by atoms with Crippen LogP contribution in [0.1, 0.15) is 18.4 Å². The summed E-state index contributed by atoms with van der Waals surface area (Å²) in [6, 6.07) is 1.99. The first kappa shape index (κ1) is 13.3. The van der Waals surface area contributed by atoms with Gasteiger partial charge in [0.05, 0.1) is 31.2 Å². The van der Waals surface area contributed by atoms with Crippen molar-refractivity contribution in [2.75, 3.05) is 32.8 Å². The van der Waals surface area contributed by atoms with Crippen molar-refractivity contribution in [2.45, 2.75) is 19.4 Å². The van der Waals surface area contributed by atoms with Gasteiger partial charge >= 0.3 is 0 Å². The highest BCUT2D eigenvalue weighted by atomic mass is 16.5. The van der Waals surface area contributed by atoms with Gasteiger partial charge in [-0.3, -0.25) is 9.69 Å². The minimum Gasteiger partial charge on any atom is -0.472 e. The predicted octanol–water partition coefficient (Wildman–Crippen LogP) is 1.25. The molecule has 0 aromatic carbocycles. The minimum absolute atomic E-state index is 0.201. The molecule has 2 saturated heterocycles. The number of hydrogen-bond acceptors (Lipinski definition) is 4. The molecule has 3 fully saturated rings. The van der Waals surface area contributed by atoms with Crippen molar-refractivity contribution in [2.24, 2.45) is 17.3 Å². The molecule has 0 spiro atoms. The number of likely N-dealkylation sites (tertiary alicyclic amines) is 1. The molecule has 5 heteroatoms. The molecule has 2 atom stereocenters. The van der Waals surface area contributed by atoms with Crippen molar-refractivity contribution in [1.82, 2.24) is 10.2 Å². The van der Waals surface area contributed by atoms with Crippen LogP contribution in [-0.2, 0) is 16.1 Å². The molecular weight excluding hydrogens is 268 g/mol. The highest BCUT2D eigenvalue weighted by Crippen LogP contribution is 2.42. The number of rotatable bonds is 5. The summed E-state index contributed by atoms with van der Waals surface area (Å²) < 4.78 is 10.8. The molecule has 1 aliphatic carbocycles. The fourth-order valence-electron chi connectivity index (χ4n) is 3.66. The number of carbonyl (C=O) groups is 1. The zero-order chi connectivity index (χ0) is 14.3. The van der Waals surface area contributed by atoms with Gasteiger partial charge in [0, 0.05) is 37.7 Å². The average Bonchev–Trinajstić information content (AvgIpc) is 2.86. The van der Waals surface area contributed by atoms with Gasteiger partial charge in [-0.05, 0) is 24.8 Å². The van der Waals surface area contributed by atoms with Gasteiger partial charge < -0.3 is 14.5 Å². The first-order chi connectivity index (χ1) is 10.3. The SMILES string of the molecule is O=C(NCC1CC1)[C@@]12COC[C@@H]1CN(Cc1ccoc1)C2. The fourth-order valence-corrected chi connectivity index (χ4v) is 3.66. The molecule has 3 aliphatic rings. The molecule has 4 rings (SSSR count). The van der Waals surface area contributed by atoms with Crippen LogP contribution in [0, 0.1) is 17.3 Å². The molecule has 114 valence electrons. The molecule has 21 heavy (non-hydrogen) atoms. The Balaban J connectivity index is 1.43. The van der Waals surface area contributed by atoms with E-state index in [2.05, 4.69) is 10.2 Å². The molecular formula is C16H22N2O3. The van der Waals surface area contributed by atoms with Gasteiger partial charge in [0.2, 0.25) is 5.91 Å². The van der Waals surface area contributed by atoms with Gasteiger partial charge in [-0.15, -0.1) is 0 Å². The van der Waals surface area contributed by atoms with Crippen molar-refractivity contribution in [3.63, 3.8) is 0 Å². The van der Waals surface area contributed by atoms with Crippen molar-refractivity contribution in [3.05, 3.63) is 24.2 Å². The lowest BCUT2D eigenvalue weighted by molar-refractivity contribution is -0.131. The Bertz CT molecular complexity index is 512. The maximum atomic E-state index is 12.7. The maximum absolute atomic E-state index is 12.7. The van der Waals surface area contributed by atoms with Crippen LogP contribution in [0.3, 0.4) is 0 Å². The van der Waals surface area contributed by atoms with Gasteiger partial charge in [-0.2, -0.15) is 0 Å². The van der Waals surface area contributed by atoms with Crippen LogP contribution >= 0.6 is 0 Å². The fraction of sp³-hybridized carbons (Fsp3) is 0.688. The lowest BCUT2D eigenvalue weighted by Gasteiger charge is -2.26. The van der Waals surface area contributed by atoms with Crippen molar-refractivity contribution < 1.29 is 13.9 Å². The summed E-state index contributed by atoms with van der Waals surface area (Å²) in [6.45, 7) is 4.69. The molecule has 2 aliphatic heterocycles. The van der Waals surface area contributed by atoms with Crippen LogP contribution in [0.4, 0.5) is 0 Å². The van der Waals surface area contributed by atoms with Gasteiger partial charge in [0.25, 0.3) is 0 Å². The Morgan fingerprint density at radius 1 is 1.48 bits per heavy atom. The highest BCUT2D eigenvalue weighted by molar-refractivity contribution is 5.84. The second-order valence-corrected chi connectivity index (χ2v) is 6.82. The number of hydrogen-bond donors (Lipinski definition) is 1. The summed E-state index contributed by atoms with van der Waals surface area (Å²) in [5, 5.41) is 3.16. The molecule has 3 heterocycles. The number of carbonyl (C=O) groups excluding carboxylic acids is 1. The molecule has 0 radical (unpaired) electrons. The summed E-state index contributed by atoms with van der Waals surface area (Å²) >= 11 is 0.